The maximum Gasteiger partial charge on any atom is 0.261 e. The van der Waals surface area contributed by atoms with E-state index in [-0.39, 0.29) is 40.9 Å². The molecule has 0 atom stereocenters. The molecule has 1 amide bonds. The van der Waals surface area contributed by atoms with Gasteiger partial charge in [0.25, 0.3) is 15.9 Å². The standard InChI is InChI=1S/C23H24FN3O6S2/c1-17-2-10-21(11-3-17)34(29,30)26-15-14-25-23(28)16-33-20-8-12-22(13-9-20)35(31,32)27-19-6-4-18(24)5-7-19/h2-13,26-27H,14-16H2,1H3,(H,25,28). The molecule has 9 nitrogen and oxygen atoms in total. The minimum atomic E-state index is -3.89. The highest BCUT2D eigenvalue weighted by Gasteiger charge is 2.15. The number of aryl methyl sites for hydroxylation is 1. The predicted octanol–water partition coefficient (Wildman–Crippen LogP) is 2.41. The normalized spacial score (nSPS) is 11.6. The highest BCUT2D eigenvalue weighted by molar-refractivity contribution is 7.92. The van der Waals surface area contributed by atoms with Crippen molar-refractivity contribution in [3.8, 4) is 5.75 Å². The van der Waals surface area contributed by atoms with Gasteiger partial charge in [0.2, 0.25) is 10.0 Å². The zero-order valence-electron chi connectivity index (χ0n) is 18.7. The first kappa shape index (κ1) is 26.1. The molecule has 0 spiro atoms. The van der Waals surface area contributed by atoms with Crippen LogP contribution in [-0.2, 0) is 24.8 Å². The minimum absolute atomic E-state index is 0.00440. The van der Waals surface area contributed by atoms with Crippen molar-refractivity contribution in [2.45, 2.75) is 16.7 Å². The number of amides is 1. The fourth-order valence-electron chi connectivity index (χ4n) is 2.84. The van der Waals surface area contributed by atoms with Crippen LogP contribution in [0.25, 0.3) is 0 Å². The molecule has 3 aromatic rings. The highest BCUT2D eigenvalue weighted by Crippen LogP contribution is 2.19. The largest absolute Gasteiger partial charge is 0.484 e. The zero-order chi connectivity index (χ0) is 25.5. The molecule has 0 bridgehead atoms. The third-order valence-corrected chi connectivity index (χ3v) is 7.55. The molecule has 12 heteroatoms. The van der Waals surface area contributed by atoms with Gasteiger partial charge in [-0.2, -0.15) is 0 Å². The molecular formula is C23H24FN3O6S2. The molecule has 0 heterocycles. The summed E-state index contributed by atoms with van der Waals surface area (Å²) in [4.78, 5) is 12.0. The van der Waals surface area contributed by atoms with Crippen LogP contribution in [0.4, 0.5) is 10.1 Å². The number of sulfonamides is 2. The molecule has 0 aliphatic rings. The molecule has 0 saturated carbocycles. The number of hydrogen-bond acceptors (Lipinski definition) is 6. The summed E-state index contributed by atoms with van der Waals surface area (Å²) in [6, 6.07) is 16.7. The van der Waals surface area contributed by atoms with Crippen LogP contribution in [0.5, 0.6) is 5.75 Å². The number of hydrogen-bond donors (Lipinski definition) is 3. The van der Waals surface area contributed by atoms with Crippen molar-refractivity contribution in [2.24, 2.45) is 0 Å². The summed E-state index contributed by atoms with van der Waals surface area (Å²) in [6.45, 7) is 1.56. The smallest absolute Gasteiger partial charge is 0.261 e. The van der Waals surface area contributed by atoms with Gasteiger partial charge < -0.3 is 10.1 Å². The molecule has 0 aliphatic carbocycles. The zero-order valence-corrected chi connectivity index (χ0v) is 20.3. The van der Waals surface area contributed by atoms with Gasteiger partial charge in [-0.25, -0.2) is 25.9 Å². The Labute approximate surface area is 203 Å². The van der Waals surface area contributed by atoms with Crippen LogP contribution < -0.4 is 19.5 Å². The first-order valence-corrected chi connectivity index (χ1v) is 13.4. The van der Waals surface area contributed by atoms with Crippen molar-refractivity contribution in [1.82, 2.24) is 10.0 Å². The van der Waals surface area contributed by atoms with Crippen LogP contribution in [0.1, 0.15) is 5.56 Å². The molecule has 0 unspecified atom stereocenters. The van der Waals surface area contributed by atoms with Crippen molar-refractivity contribution >= 4 is 31.6 Å². The molecule has 0 fully saturated rings. The number of halogens is 1. The van der Waals surface area contributed by atoms with E-state index in [1.165, 1.54) is 48.5 Å². The lowest BCUT2D eigenvalue weighted by Crippen LogP contribution is -2.36. The van der Waals surface area contributed by atoms with E-state index in [1.807, 2.05) is 6.92 Å². The Morgan fingerprint density at radius 1 is 0.800 bits per heavy atom. The number of anilines is 1. The minimum Gasteiger partial charge on any atom is -0.484 e. The Balaban J connectivity index is 1.43. The number of benzene rings is 3. The number of rotatable bonds is 11. The average molecular weight is 522 g/mol. The second kappa shape index (κ2) is 11.3. The highest BCUT2D eigenvalue weighted by atomic mass is 32.2. The molecular weight excluding hydrogens is 497 g/mol. The van der Waals surface area contributed by atoms with Crippen molar-refractivity contribution in [3.05, 3.63) is 84.2 Å². The van der Waals surface area contributed by atoms with Crippen molar-refractivity contribution in [3.63, 3.8) is 0 Å². The lowest BCUT2D eigenvalue weighted by molar-refractivity contribution is -0.123. The lowest BCUT2D eigenvalue weighted by Gasteiger charge is -2.10. The van der Waals surface area contributed by atoms with Crippen LogP contribution in [0.15, 0.2) is 82.6 Å². The van der Waals surface area contributed by atoms with Gasteiger partial charge in [-0.3, -0.25) is 9.52 Å². The molecule has 3 aromatic carbocycles. The van der Waals surface area contributed by atoms with E-state index >= 15 is 0 Å². The van der Waals surface area contributed by atoms with Crippen LogP contribution in [0, 0.1) is 12.7 Å². The Kier molecular flexibility index (Phi) is 8.43. The van der Waals surface area contributed by atoms with Gasteiger partial charge in [-0.15, -0.1) is 0 Å². The summed E-state index contributed by atoms with van der Waals surface area (Å²) in [5, 5.41) is 2.53. The average Bonchev–Trinajstić information content (AvgIpc) is 2.82. The fraction of sp³-hybridized carbons (Fsp3) is 0.174. The molecule has 3 rings (SSSR count). The topological polar surface area (TPSA) is 131 Å². The summed E-state index contributed by atoms with van der Waals surface area (Å²) < 4.78 is 72.3. The number of carbonyl (C=O) groups is 1. The van der Waals surface area contributed by atoms with Crippen LogP contribution in [0.3, 0.4) is 0 Å². The Bertz CT molecular complexity index is 1360. The van der Waals surface area contributed by atoms with Crippen molar-refractivity contribution in [2.75, 3.05) is 24.4 Å². The second-order valence-electron chi connectivity index (χ2n) is 7.43. The lowest BCUT2D eigenvalue weighted by atomic mass is 10.2. The van der Waals surface area contributed by atoms with Gasteiger partial charge in [0, 0.05) is 18.8 Å². The number of nitrogens with one attached hydrogen (secondary N) is 3. The van der Waals surface area contributed by atoms with Gasteiger partial charge in [0.05, 0.1) is 9.79 Å². The summed E-state index contributed by atoms with van der Waals surface area (Å²) in [5.41, 5.74) is 1.15. The van der Waals surface area contributed by atoms with Gasteiger partial charge >= 0.3 is 0 Å². The fourth-order valence-corrected chi connectivity index (χ4v) is 4.93. The van der Waals surface area contributed by atoms with E-state index in [4.69, 9.17) is 4.74 Å². The van der Waals surface area contributed by atoms with Crippen LogP contribution in [0.2, 0.25) is 0 Å². The van der Waals surface area contributed by atoms with Crippen molar-refractivity contribution in [1.29, 1.82) is 0 Å². The van der Waals surface area contributed by atoms with E-state index in [9.17, 15) is 26.0 Å². The Hall–Kier alpha value is -3.48. The molecule has 186 valence electrons. The molecule has 3 N–H and O–H groups in total. The maximum atomic E-state index is 13.0. The summed E-state index contributed by atoms with van der Waals surface area (Å²) in [6.07, 6.45) is 0. The summed E-state index contributed by atoms with van der Waals surface area (Å²) >= 11 is 0. The van der Waals surface area contributed by atoms with E-state index in [0.29, 0.717) is 0 Å². The predicted molar refractivity (Wildman–Crippen MR) is 129 cm³/mol. The van der Waals surface area contributed by atoms with Crippen LogP contribution in [-0.4, -0.2) is 42.4 Å². The molecule has 0 aliphatic heterocycles. The first-order valence-electron chi connectivity index (χ1n) is 10.4. The molecule has 0 aromatic heterocycles. The van der Waals surface area contributed by atoms with Gasteiger partial charge in [-0.1, -0.05) is 17.7 Å². The van der Waals surface area contributed by atoms with Gasteiger partial charge in [0.1, 0.15) is 11.6 Å². The van der Waals surface area contributed by atoms with E-state index in [0.717, 1.165) is 17.7 Å². The third kappa shape index (κ3) is 7.77. The molecule has 0 radical (unpaired) electrons. The third-order valence-electron chi connectivity index (χ3n) is 4.67. The summed E-state index contributed by atoms with van der Waals surface area (Å²) in [5.74, 6) is -0.697. The first-order chi connectivity index (χ1) is 16.5. The SMILES string of the molecule is Cc1ccc(S(=O)(=O)NCCNC(=O)COc2ccc(S(=O)(=O)Nc3ccc(F)cc3)cc2)cc1. The van der Waals surface area contributed by atoms with E-state index in [1.54, 1.807) is 12.1 Å². The quantitative estimate of drug-likeness (QED) is 0.332. The van der Waals surface area contributed by atoms with Gasteiger partial charge in [-0.05, 0) is 67.6 Å². The Morgan fingerprint density at radius 2 is 1.37 bits per heavy atom. The van der Waals surface area contributed by atoms with Gasteiger partial charge in [0.15, 0.2) is 6.61 Å². The molecule has 35 heavy (non-hydrogen) atoms. The monoisotopic (exact) mass is 521 g/mol. The molecule has 0 saturated heterocycles. The summed E-state index contributed by atoms with van der Waals surface area (Å²) in [7, 11) is -7.56. The number of carbonyl (C=O) groups excluding carboxylic acids is 1. The van der Waals surface area contributed by atoms with E-state index < -0.39 is 31.8 Å². The van der Waals surface area contributed by atoms with E-state index in [2.05, 4.69) is 14.8 Å². The van der Waals surface area contributed by atoms with Crippen molar-refractivity contribution < 1.29 is 30.8 Å². The number of ether oxygens (including phenoxy) is 1. The van der Waals surface area contributed by atoms with Crippen LogP contribution >= 0.6 is 0 Å². The second-order valence-corrected chi connectivity index (χ2v) is 10.9. The Morgan fingerprint density at radius 3 is 2.00 bits per heavy atom. The maximum absolute atomic E-state index is 13.0.